The molecule has 0 spiro atoms. The minimum absolute atomic E-state index is 0.0289. The molecule has 2 saturated carbocycles. The lowest BCUT2D eigenvalue weighted by atomic mass is 9.94. The number of rotatable bonds is 12. The Morgan fingerprint density at radius 1 is 0.714 bits per heavy atom. The third kappa shape index (κ3) is 7.12. The largest absolute Gasteiger partial charge is 0.469 e. The molecule has 4 atom stereocenters. The summed E-state index contributed by atoms with van der Waals surface area (Å²) in [6.45, 7) is 1.37. The van der Waals surface area contributed by atoms with Crippen molar-refractivity contribution in [2.75, 3.05) is 27.3 Å². The fourth-order valence-electron chi connectivity index (χ4n) is 9.37. The number of methoxy groups -OCH3 is 2. The molecule has 290 valence electrons. The van der Waals surface area contributed by atoms with Crippen molar-refractivity contribution in [2.45, 2.75) is 82.7 Å². The van der Waals surface area contributed by atoms with Gasteiger partial charge in [0.15, 0.2) is 0 Å². The second-order valence-electron chi connectivity index (χ2n) is 16.4. The van der Waals surface area contributed by atoms with Crippen LogP contribution in [-0.2, 0) is 28.7 Å². The Kier molecular flexibility index (Phi) is 9.71. The number of hydrogen-bond acceptors (Lipinski definition) is 8. The van der Waals surface area contributed by atoms with E-state index in [2.05, 4.69) is 53.5 Å². The molecule has 3 aromatic carbocycles. The molecule has 2 aliphatic carbocycles. The number of ether oxygens (including phenoxy) is 2. The van der Waals surface area contributed by atoms with E-state index in [1.807, 2.05) is 22.1 Å². The lowest BCUT2D eigenvalue weighted by Gasteiger charge is -2.29. The molecule has 5 aliphatic rings. The summed E-state index contributed by atoms with van der Waals surface area (Å²) >= 11 is 0. The van der Waals surface area contributed by atoms with Crippen LogP contribution in [0.15, 0.2) is 65.8 Å². The van der Waals surface area contributed by atoms with Gasteiger partial charge in [-0.25, -0.2) is 4.98 Å². The number of carbonyl (C=O) groups excluding carboxylic acids is 4. The molecule has 11 heteroatoms. The molecule has 4 aromatic rings. The van der Waals surface area contributed by atoms with Crippen molar-refractivity contribution in [1.29, 1.82) is 0 Å². The van der Waals surface area contributed by atoms with Gasteiger partial charge in [-0.15, -0.1) is 0 Å². The van der Waals surface area contributed by atoms with E-state index in [0.29, 0.717) is 19.5 Å². The molecule has 2 saturated heterocycles. The van der Waals surface area contributed by atoms with Crippen LogP contribution < -0.4 is 0 Å². The maximum Gasteiger partial charge on any atom is 0.306 e. The maximum absolute atomic E-state index is 13.7. The van der Waals surface area contributed by atoms with Crippen LogP contribution in [0.5, 0.6) is 0 Å². The van der Waals surface area contributed by atoms with Gasteiger partial charge in [-0.05, 0) is 121 Å². The number of esters is 2. The summed E-state index contributed by atoms with van der Waals surface area (Å²) in [4.78, 5) is 69.0. The van der Waals surface area contributed by atoms with Gasteiger partial charge in [-0.2, -0.15) is 0 Å². The van der Waals surface area contributed by atoms with E-state index in [1.165, 1.54) is 14.2 Å². The average Bonchev–Trinajstić information content (AvgIpc) is 3.97. The molecule has 4 heterocycles. The summed E-state index contributed by atoms with van der Waals surface area (Å²) in [5.41, 5.74) is 7.27. The van der Waals surface area contributed by atoms with Gasteiger partial charge < -0.3 is 24.3 Å². The third-order valence-electron chi connectivity index (χ3n) is 12.8. The molecule has 3 aliphatic heterocycles. The summed E-state index contributed by atoms with van der Waals surface area (Å²) < 4.78 is 9.84. The molecule has 9 rings (SSSR count). The number of likely N-dealkylation sites (tertiary alicyclic amines) is 2. The SMILES string of the molecule is COC(=O)C[C@H](C(=O)N1CCC[C@H]1C1=NC=C(c2ccc3cc(-c4ccc5nc([C@@H]6CCCN6C(=O)[C@@H](CC(=O)OC)C6CC6)[nH]c5c4)ccc3c2)C1)C1CC1. The number of aromatic nitrogens is 2. The molecule has 2 amide bonds. The number of H-pyrrole nitrogens is 1. The van der Waals surface area contributed by atoms with E-state index in [0.717, 1.165) is 107 Å². The van der Waals surface area contributed by atoms with Gasteiger partial charge in [0.25, 0.3) is 0 Å². The zero-order valence-electron chi connectivity index (χ0n) is 32.2. The number of imidazole rings is 1. The van der Waals surface area contributed by atoms with Crippen molar-refractivity contribution in [3.63, 3.8) is 0 Å². The molecule has 56 heavy (non-hydrogen) atoms. The Labute approximate surface area is 326 Å². The highest BCUT2D eigenvalue weighted by atomic mass is 16.5. The fourth-order valence-corrected chi connectivity index (χ4v) is 9.37. The van der Waals surface area contributed by atoms with E-state index in [4.69, 9.17) is 19.5 Å². The van der Waals surface area contributed by atoms with E-state index >= 15 is 0 Å². The lowest BCUT2D eigenvalue weighted by Crippen LogP contribution is -2.44. The van der Waals surface area contributed by atoms with E-state index in [9.17, 15) is 19.2 Å². The zero-order chi connectivity index (χ0) is 38.5. The minimum atomic E-state index is -0.329. The van der Waals surface area contributed by atoms with Crippen LogP contribution in [0.25, 0.3) is 38.5 Å². The predicted molar refractivity (Wildman–Crippen MR) is 213 cm³/mol. The molecular weight excluding hydrogens is 707 g/mol. The number of amides is 2. The number of benzene rings is 3. The summed E-state index contributed by atoms with van der Waals surface area (Å²) in [7, 11) is 2.77. The Balaban J connectivity index is 0.877. The fraction of sp³-hybridized carbons (Fsp3) is 0.467. The number of aliphatic imine (C=N–C) groups is 1. The van der Waals surface area contributed by atoms with Crippen LogP contribution in [-0.4, -0.2) is 82.6 Å². The zero-order valence-corrected chi connectivity index (χ0v) is 32.2. The first kappa shape index (κ1) is 36.3. The molecule has 11 nitrogen and oxygen atoms in total. The molecular formula is C45H49N5O6. The molecule has 0 radical (unpaired) electrons. The highest BCUT2D eigenvalue weighted by Crippen LogP contribution is 2.43. The van der Waals surface area contributed by atoms with Crippen molar-refractivity contribution >= 4 is 56.8 Å². The Bertz CT molecular complexity index is 2280. The number of nitrogens with zero attached hydrogens (tertiary/aromatic N) is 4. The molecule has 0 unspecified atom stereocenters. The van der Waals surface area contributed by atoms with Crippen LogP contribution in [0, 0.1) is 23.7 Å². The highest BCUT2D eigenvalue weighted by Gasteiger charge is 2.45. The van der Waals surface area contributed by atoms with Crippen molar-refractivity contribution in [2.24, 2.45) is 28.7 Å². The van der Waals surface area contributed by atoms with Crippen molar-refractivity contribution in [1.82, 2.24) is 19.8 Å². The van der Waals surface area contributed by atoms with Crippen molar-refractivity contribution in [3.05, 3.63) is 72.2 Å². The number of nitrogens with one attached hydrogen (secondary N) is 1. The normalized spacial score (nSPS) is 22.0. The van der Waals surface area contributed by atoms with E-state index in [-0.39, 0.29) is 72.3 Å². The first-order valence-corrected chi connectivity index (χ1v) is 20.3. The van der Waals surface area contributed by atoms with Crippen molar-refractivity contribution < 1.29 is 28.7 Å². The Hall–Kier alpha value is -5.32. The van der Waals surface area contributed by atoms with Gasteiger partial charge in [-0.1, -0.05) is 30.3 Å². The highest BCUT2D eigenvalue weighted by molar-refractivity contribution is 6.04. The number of carbonyl (C=O) groups is 4. The quantitative estimate of drug-likeness (QED) is 0.149. The Morgan fingerprint density at radius 3 is 1.89 bits per heavy atom. The van der Waals surface area contributed by atoms with Gasteiger partial charge in [0.1, 0.15) is 5.82 Å². The van der Waals surface area contributed by atoms with Gasteiger partial charge in [0, 0.05) is 31.4 Å². The van der Waals surface area contributed by atoms with Crippen LogP contribution in [0.2, 0.25) is 0 Å². The van der Waals surface area contributed by atoms with Gasteiger partial charge in [0.2, 0.25) is 11.8 Å². The third-order valence-corrected chi connectivity index (χ3v) is 12.8. The average molecular weight is 756 g/mol. The second kappa shape index (κ2) is 15.0. The van der Waals surface area contributed by atoms with E-state index < -0.39 is 0 Å². The van der Waals surface area contributed by atoms with Gasteiger partial charge >= 0.3 is 11.9 Å². The standard InChI is InChI=1S/C45H49N5O6/c1-55-41(51)23-34(26-7-8-26)44(53)49-17-3-5-39(49)38-22-33(25-46-38)31-14-13-28-19-30(12-11-29(28)20-31)32-15-16-36-37(21-32)48-43(47-36)40-6-4-18-50(40)45(54)35(27-9-10-27)24-42(52)56-2/h11-16,19-21,25-27,34-35,39-40H,3-10,17-18,22-24H2,1-2H3,(H,47,48)/t34-,35-,39-,40-/m0/s1. The summed E-state index contributed by atoms with van der Waals surface area (Å²) in [5, 5.41) is 2.28. The van der Waals surface area contributed by atoms with Gasteiger partial charge in [0.05, 0.1) is 62.0 Å². The van der Waals surface area contributed by atoms with E-state index in [1.54, 1.807) is 0 Å². The predicted octanol–water partition coefficient (Wildman–Crippen LogP) is 7.40. The molecule has 0 bridgehead atoms. The number of fused-ring (bicyclic) bond motifs is 2. The first-order valence-electron chi connectivity index (χ1n) is 20.3. The second-order valence-corrected chi connectivity index (χ2v) is 16.4. The maximum atomic E-state index is 13.7. The molecule has 1 aromatic heterocycles. The van der Waals surface area contributed by atoms with Gasteiger partial charge in [-0.3, -0.25) is 24.2 Å². The number of aromatic amines is 1. The summed E-state index contributed by atoms with van der Waals surface area (Å²) in [6.07, 6.45) is 10.5. The van der Waals surface area contributed by atoms with Crippen LogP contribution >= 0.6 is 0 Å². The first-order chi connectivity index (χ1) is 27.3. The summed E-state index contributed by atoms with van der Waals surface area (Å²) in [5.74, 6) is 0.182. The topological polar surface area (TPSA) is 134 Å². The van der Waals surface area contributed by atoms with Crippen LogP contribution in [0.1, 0.15) is 88.1 Å². The monoisotopic (exact) mass is 755 g/mol. The van der Waals surface area contributed by atoms with Crippen LogP contribution in [0.4, 0.5) is 0 Å². The smallest absolute Gasteiger partial charge is 0.306 e. The summed E-state index contributed by atoms with van der Waals surface area (Å²) in [6, 6.07) is 19.2. The van der Waals surface area contributed by atoms with Crippen LogP contribution in [0.3, 0.4) is 0 Å². The number of hydrogen-bond donors (Lipinski definition) is 1. The van der Waals surface area contributed by atoms with Crippen molar-refractivity contribution in [3.8, 4) is 11.1 Å². The minimum Gasteiger partial charge on any atom is -0.469 e. The Morgan fingerprint density at radius 2 is 1.27 bits per heavy atom. The molecule has 4 fully saturated rings. The number of allylic oxidation sites excluding steroid dienone is 1. The lowest BCUT2D eigenvalue weighted by molar-refractivity contribution is -0.148. The molecule has 1 N–H and O–H groups in total.